The summed E-state index contributed by atoms with van der Waals surface area (Å²) >= 11 is 7.34. The second kappa shape index (κ2) is 15.1. The van der Waals surface area contributed by atoms with Crippen molar-refractivity contribution in [3.63, 3.8) is 0 Å². The maximum absolute atomic E-state index is 8.58. The van der Waals surface area contributed by atoms with E-state index in [-0.39, 0.29) is 12.8 Å². The van der Waals surface area contributed by atoms with Crippen molar-refractivity contribution >= 4 is 58.2 Å². The van der Waals surface area contributed by atoms with Gasteiger partial charge < -0.3 is 11.5 Å². The van der Waals surface area contributed by atoms with Gasteiger partial charge in [-0.25, -0.2) is 0 Å². The lowest BCUT2D eigenvalue weighted by Gasteiger charge is -2.18. The summed E-state index contributed by atoms with van der Waals surface area (Å²) in [6.07, 6.45) is 6.46. The van der Waals surface area contributed by atoms with Gasteiger partial charge in [0.15, 0.2) is 0 Å². The Morgan fingerprint density at radius 3 is 1.42 bits per heavy atom. The second-order valence-electron chi connectivity index (χ2n) is 7.48. The zero-order valence-electron chi connectivity index (χ0n) is 19.5. The van der Waals surface area contributed by atoms with E-state index in [0.717, 1.165) is 25.7 Å². The molecule has 36 heavy (non-hydrogen) atoms. The van der Waals surface area contributed by atoms with Crippen LogP contribution in [-0.4, -0.2) is 17.8 Å². The number of carbonyl (C=O) groups excluding carboxylic acids is 2. The third kappa shape index (κ3) is 8.23. The zero-order chi connectivity index (χ0) is 25.6. The van der Waals surface area contributed by atoms with Crippen LogP contribution in [0, 0.1) is 0 Å². The smallest absolute Gasteiger partial charge is 0.204 e. The van der Waals surface area contributed by atoms with Gasteiger partial charge in [0.2, 0.25) is 12.8 Å². The fourth-order valence-electron chi connectivity index (χ4n) is 3.77. The van der Waals surface area contributed by atoms with Crippen LogP contribution in [0.3, 0.4) is 0 Å². The molecule has 5 nitrogen and oxygen atoms in total. The standard InChI is InChI=1S/C25H21NS4.2CH3NO/c1-5-19(27-9-1)13-18-17-26-25(16-22-8-4-12-30-22)24(15-21-7-3-11-29-21)23(18)14-20-6-2-10-28-20;2*2-1-3/h1-12,17H,13-16H2;2*1H,(H2,2,3). The Kier molecular flexibility index (Phi) is 11.5. The number of pyridine rings is 1. The number of primary amides is 2. The van der Waals surface area contributed by atoms with E-state index in [2.05, 4.69) is 87.7 Å². The summed E-state index contributed by atoms with van der Waals surface area (Å²) in [7, 11) is 0. The highest BCUT2D eigenvalue weighted by atomic mass is 32.1. The van der Waals surface area contributed by atoms with E-state index >= 15 is 0 Å². The number of nitrogens with two attached hydrogens (primary N) is 2. The number of thiophene rings is 4. The largest absolute Gasteiger partial charge is 0.372 e. The molecule has 0 aliphatic rings. The Hall–Kier alpha value is -3.11. The van der Waals surface area contributed by atoms with Crippen LogP contribution in [0.5, 0.6) is 0 Å². The molecule has 0 bridgehead atoms. The molecule has 186 valence electrons. The first-order chi connectivity index (χ1) is 17.7. The third-order valence-corrected chi connectivity index (χ3v) is 8.71. The van der Waals surface area contributed by atoms with Crippen LogP contribution in [0.15, 0.2) is 76.2 Å². The molecule has 0 saturated heterocycles. The van der Waals surface area contributed by atoms with E-state index in [9.17, 15) is 0 Å². The van der Waals surface area contributed by atoms with Crippen molar-refractivity contribution in [2.75, 3.05) is 0 Å². The molecule has 0 aliphatic carbocycles. The minimum atomic E-state index is 0.250. The molecular formula is C27H27N3O2S4. The lowest BCUT2D eigenvalue weighted by molar-refractivity contribution is -0.107. The molecule has 0 unspecified atom stereocenters. The first-order valence-electron chi connectivity index (χ1n) is 11.1. The van der Waals surface area contributed by atoms with Crippen molar-refractivity contribution in [1.82, 2.24) is 4.98 Å². The summed E-state index contributed by atoms with van der Waals surface area (Å²) in [6, 6.07) is 17.6. The van der Waals surface area contributed by atoms with Crippen molar-refractivity contribution in [2.24, 2.45) is 11.5 Å². The van der Waals surface area contributed by atoms with E-state index in [1.54, 1.807) is 0 Å². The number of hydrogen-bond acceptors (Lipinski definition) is 7. The highest BCUT2D eigenvalue weighted by molar-refractivity contribution is 7.10. The first kappa shape index (κ1) is 27.5. The maximum Gasteiger partial charge on any atom is 0.204 e. The molecule has 5 aromatic rings. The van der Waals surface area contributed by atoms with Gasteiger partial charge in [-0.1, -0.05) is 24.3 Å². The Morgan fingerprint density at radius 2 is 1.00 bits per heavy atom. The van der Waals surface area contributed by atoms with Gasteiger partial charge in [-0.2, -0.15) is 0 Å². The van der Waals surface area contributed by atoms with Crippen molar-refractivity contribution in [3.05, 3.63) is 118 Å². The molecule has 0 fully saturated rings. The molecule has 5 aromatic heterocycles. The molecule has 0 saturated carbocycles. The highest BCUT2D eigenvalue weighted by Gasteiger charge is 2.18. The van der Waals surface area contributed by atoms with Gasteiger partial charge in [0.1, 0.15) is 0 Å². The lowest BCUT2D eigenvalue weighted by Crippen LogP contribution is -2.09. The average molecular weight is 554 g/mol. The van der Waals surface area contributed by atoms with Gasteiger partial charge in [-0.3, -0.25) is 14.6 Å². The van der Waals surface area contributed by atoms with Crippen LogP contribution >= 0.6 is 45.3 Å². The molecule has 4 N–H and O–H groups in total. The first-order valence-corrected chi connectivity index (χ1v) is 14.6. The molecule has 0 aromatic carbocycles. The fraction of sp³-hybridized carbons (Fsp3) is 0.148. The van der Waals surface area contributed by atoms with Crippen LogP contribution < -0.4 is 11.5 Å². The monoisotopic (exact) mass is 553 g/mol. The molecule has 9 heteroatoms. The summed E-state index contributed by atoms with van der Waals surface area (Å²) < 4.78 is 0. The van der Waals surface area contributed by atoms with E-state index in [0.29, 0.717) is 0 Å². The molecule has 0 spiro atoms. The van der Waals surface area contributed by atoms with Crippen LogP contribution in [0.2, 0.25) is 0 Å². The van der Waals surface area contributed by atoms with Crippen LogP contribution in [-0.2, 0) is 35.3 Å². The number of aromatic nitrogens is 1. The SMILES string of the molecule is NC=O.NC=O.c1csc(Cc2cnc(Cc3cccs3)c(Cc3cccs3)c2Cc2cccs2)c1. The van der Waals surface area contributed by atoms with E-state index in [1.807, 2.05) is 45.3 Å². The van der Waals surface area contributed by atoms with E-state index in [1.165, 1.54) is 41.9 Å². The minimum Gasteiger partial charge on any atom is -0.372 e. The summed E-state index contributed by atoms with van der Waals surface area (Å²) in [4.78, 5) is 27.8. The number of hydrogen-bond donors (Lipinski definition) is 2. The van der Waals surface area contributed by atoms with Crippen LogP contribution in [0.25, 0.3) is 0 Å². The number of nitrogens with zero attached hydrogens (tertiary/aromatic N) is 1. The molecule has 5 rings (SSSR count). The minimum absolute atomic E-state index is 0.250. The van der Waals surface area contributed by atoms with Gasteiger partial charge in [0.05, 0.1) is 0 Å². The maximum atomic E-state index is 8.58. The molecule has 0 aliphatic heterocycles. The van der Waals surface area contributed by atoms with Gasteiger partial charge in [0.25, 0.3) is 0 Å². The Balaban J connectivity index is 0.000000550. The summed E-state index contributed by atoms with van der Waals surface area (Å²) in [5.41, 5.74) is 13.8. The van der Waals surface area contributed by atoms with Gasteiger partial charge in [-0.05, 0) is 62.5 Å². The Morgan fingerprint density at radius 1 is 0.611 bits per heavy atom. The molecule has 5 heterocycles. The number of carbonyl (C=O) groups is 2. The third-order valence-electron chi connectivity index (χ3n) is 5.21. The van der Waals surface area contributed by atoms with Crippen molar-refractivity contribution in [1.29, 1.82) is 0 Å². The van der Waals surface area contributed by atoms with E-state index in [4.69, 9.17) is 14.6 Å². The molecule has 0 radical (unpaired) electrons. The van der Waals surface area contributed by atoms with Crippen LogP contribution in [0.4, 0.5) is 0 Å². The quantitative estimate of drug-likeness (QED) is 0.234. The fourth-order valence-corrected chi connectivity index (χ4v) is 6.64. The van der Waals surface area contributed by atoms with Gasteiger partial charge in [-0.15, -0.1) is 45.3 Å². The normalized spacial score (nSPS) is 10.0. The summed E-state index contributed by atoms with van der Waals surface area (Å²) in [5.74, 6) is 0. The molecular weight excluding hydrogens is 527 g/mol. The van der Waals surface area contributed by atoms with Crippen molar-refractivity contribution < 1.29 is 9.59 Å². The Bertz CT molecular complexity index is 1180. The topological polar surface area (TPSA) is 99.1 Å². The summed E-state index contributed by atoms with van der Waals surface area (Å²) in [6.45, 7) is 0. The molecule has 0 atom stereocenters. The zero-order valence-corrected chi connectivity index (χ0v) is 22.8. The predicted molar refractivity (Wildman–Crippen MR) is 153 cm³/mol. The van der Waals surface area contributed by atoms with Gasteiger partial charge in [0, 0.05) is 57.1 Å². The average Bonchev–Trinajstić information content (AvgIpc) is 3.69. The number of amides is 2. The summed E-state index contributed by atoms with van der Waals surface area (Å²) in [5, 5.41) is 8.68. The highest BCUT2D eigenvalue weighted by Crippen LogP contribution is 2.30. The van der Waals surface area contributed by atoms with Crippen molar-refractivity contribution in [2.45, 2.75) is 25.7 Å². The predicted octanol–water partition coefficient (Wildman–Crippen LogP) is 5.89. The van der Waals surface area contributed by atoms with E-state index < -0.39 is 0 Å². The lowest BCUT2D eigenvalue weighted by atomic mass is 9.92. The molecule has 2 amide bonds. The number of rotatable bonds is 8. The Labute approximate surface area is 227 Å². The second-order valence-corrected chi connectivity index (χ2v) is 11.6. The van der Waals surface area contributed by atoms with Crippen LogP contribution in [0.1, 0.15) is 41.9 Å². The van der Waals surface area contributed by atoms with Gasteiger partial charge >= 0.3 is 0 Å². The van der Waals surface area contributed by atoms with Crippen molar-refractivity contribution in [3.8, 4) is 0 Å².